The van der Waals surface area contributed by atoms with Crippen LogP contribution in [0.5, 0.6) is 0 Å². The van der Waals surface area contributed by atoms with E-state index in [-0.39, 0.29) is 24.2 Å². The lowest BCUT2D eigenvalue weighted by molar-refractivity contribution is -0.150. The van der Waals surface area contributed by atoms with Crippen molar-refractivity contribution in [1.29, 1.82) is 0 Å². The molecule has 1 aliphatic rings. The van der Waals surface area contributed by atoms with Crippen molar-refractivity contribution in [2.75, 3.05) is 6.61 Å². The number of carbonyl (C=O) groups excluding carboxylic acids is 3. The molecule has 1 saturated carbocycles. The van der Waals surface area contributed by atoms with E-state index in [0.29, 0.717) is 32.3 Å². The first-order chi connectivity index (χ1) is 15.8. The molecule has 0 aromatic heterocycles. The minimum absolute atomic E-state index is 0.124. The first kappa shape index (κ1) is 28.9. The van der Waals surface area contributed by atoms with Crippen LogP contribution in [-0.2, 0) is 28.6 Å². The number of unbranched alkanes of at least 4 members (excludes halogenated alkanes) is 3. The number of aliphatic hydroxyl groups excluding tert-OH is 1. The number of allylic oxidation sites excluding steroid dienone is 1. The largest absolute Gasteiger partial charge is 0.466 e. The van der Waals surface area contributed by atoms with E-state index in [1.165, 1.54) is 26.7 Å². The number of aliphatic hydroxyl groups is 1. The third-order valence-electron chi connectivity index (χ3n) is 5.80. The summed E-state index contributed by atoms with van der Waals surface area (Å²) in [6.07, 6.45) is 13.1. The Labute approximate surface area is 198 Å². The molecule has 0 spiro atoms. The Hall–Kier alpha value is -2.15. The van der Waals surface area contributed by atoms with E-state index in [1.54, 1.807) is 13.0 Å². The van der Waals surface area contributed by atoms with Crippen LogP contribution < -0.4 is 0 Å². The fourth-order valence-corrected chi connectivity index (χ4v) is 4.33. The molecular formula is C26H42O7. The average Bonchev–Trinajstić information content (AvgIpc) is 3.03. The fraction of sp³-hybridized carbons (Fsp3) is 0.731. The number of ether oxygens (including phenoxy) is 3. The van der Waals surface area contributed by atoms with Gasteiger partial charge in [0.2, 0.25) is 0 Å². The van der Waals surface area contributed by atoms with Gasteiger partial charge in [-0.3, -0.25) is 14.4 Å². The lowest BCUT2D eigenvalue weighted by Crippen LogP contribution is -2.26. The summed E-state index contributed by atoms with van der Waals surface area (Å²) in [4.78, 5) is 35.1. The lowest BCUT2D eigenvalue weighted by atomic mass is 9.88. The topological polar surface area (TPSA) is 99.1 Å². The van der Waals surface area contributed by atoms with Crippen molar-refractivity contribution in [3.63, 3.8) is 0 Å². The molecule has 0 aliphatic heterocycles. The van der Waals surface area contributed by atoms with Gasteiger partial charge in [-0.15, -0.1) is 0 Å². The zero-order valence-electron chi connectivity index (χ0n) is 20.7. The summed E-state index contributed by atoms with van der Waals surface area (Å²) < 4.78 is 16.1. The van der Waals surface area contributed by atoms with E-state index in [4.69, 9.17) is 14.2 Å². The summed E-state index contributed by atoms with van der Waals surface area (Å²) in [6.45, 7) is 6.98. The molecule has 0 aromatic rings. The van der Waals surface area contributed by atoms with Crippen molar-refractivity contribution in [1.82, 2.24) is 0 Å². The second-order valence-corrected chi connectivity index (χ2v) is 8.63. The molecule has 188 valence electrons. The highest BCUT2D eigenvalue weighted by Crippen LogP contribution is 2.40. The predicted molar refractivity (Wildman–Crippen MR) is 126 cm³/mol. The number of hydrogen-bond acceptors (Lipinski definition) is 7. The standard InChI is InChI=1S/C26H42O7/c1-5-7-8-9-10-11-13-21(29)16-17-23-22(14-12-15-26(30)31-6-2)24(32-19(3)27)18-25(23)33-20(4)28/h10-11,16-17,21-25,29H,5-9,12-15,18H2,1-4H3/b11-10-,17-16+/t21-,22+,23-,24+,25-/m0/s1. The Balaban J connectivity index is 2.85. The maximum Gasteiger partial charge on any atom is 0.305 e. The van der Waals surface area contributed by atoms with E-state index in [9.17, 15) is 19.5 Å². The smallest absolute Gasteiger partial charge is 0.305 e. The van der Waals surface area contributed by atoms with Gasteiger partial charge in [0, 0.05) is 38.5 Å². The molecule has 7 heteroatoms. The maximum absolute atomic E-state index is 11.7. The molecule has 1 fully saturated rings. The number of carbonyl (C=O) groups is 3. The minimum Gasteiger partial charge on any atom is -0.466 e. The van der Waals surface area contributed by atoms with Crippen LogP contribution in [0.15, 0.2) is 24.3 Å². The minimum atomic E-state index is -0.654. The van der Waals surface area contributed by atoms with E-state index >= 15 is 0 Å². The summed E-state index contributed by atoms with van der Waals surface area (Å²) in [5, 5.41) is 10.4. The summed E-state index contributed by atoms with van der Waals surface area (Å²) in [5.41, 5.74) is 0. The van der Waals surface area contributed by atoms with Crippen molar-refractivity contribution in [3.8, 4) is 0 Å². The molecule has 0 saturated heterocycles. The van der Waals surface area contributed by atoms with Crippen LogP contribution >= 0.6 is 0 Å². The Morgan fingerprint density at radius 3 is 2.33 bits per heavy atom. The first-order valence-electron chi connectivity index (χ1n) is 12.3. The van der Waals surface area contributed by atoms with Crippen LogP contribution in [0.3, 0.4) is 0 Å². The first-order valence-corrected chi connectivity index (χ1v) is 12.3. The third-order valence-corrected chi connectivity index (χ3v) is 5.80. The molecule has 7 nitrogen and oxygen atoms in total. The zero-order valence-corrected chi connectivity index (χ0v) is 20.7. The van der Waals surface area contributed by atoms with Gasteiger partial charge < -0.3 is 19.3 Å². The molecule has 0 heterocycles. The predicted octanol–water partition coefficient (Wildman–Crippen LogP) is 4.66. The summed E-state index contributed by atoms with van der Waals surface area (Å²) >= 11 is 0. The summed E-state index contributed by atoms with van der Waals surface area (Å²) in [6, 6.07) is 0. The van der Waals surface area contributed by atoms with Crippen LogP contribution in [0.2, 0.25) is 0 Å². The molecule has 1 rings (SSSR count). The molecule has 5 atom stereocenters. The summed E-state index contributed by atoms with van der Waals surface area (Å²) in [5.74, 6) is -1.40. The Morgan fingerprint density at radius 2 is 1.70 bits per heavy atom. The molecule has 0 unspecified atom stereocenters. The molecule has 0 bridgehead atoms. The molecular weight excluding hydrogens is 424 g/mol. The number of rotatable bonds is 15. The van der Waals surface area contributed by atoms with Gasteiger partial charge in [-0.05, 0) is 39.0 Å². The van der Waals surface area contributed by atoms with Gasteiger partial charge in [-0.2, -0.15) is 0 Å². The van der Waals surface area contributed by atoms with E-state index < -0.39 is 30.3 Å². The van der Waals surface area contributed by atoms with Gasteiger partial charge >= 0.3 is 17.9 Å². The van der Waals surface area contributed by atoms with Crippen molar-refractivity contribution >= 4 is 17.9 Å². The Morgan fingerprint density at radius 1 is 1.00 bits per heavy atom. The van der Waals surface area contributed by atoms with Crippen LogP contribution in [0.4, 0.5) is 0 Å². The van der Waals surface area contributed by atoms with Crippen molar-refractivity contribution in [3.05, 3.63) is 24.3 Å². The summed E-state index contributed by atoms with van der Waals surface area (Å²) in [7, 11) is 0. The second-order valence-electron chi connectivity index (χ2n) is 8.63. The fourth-order valence-electron chi connectivity index (χ4n) is 4.33. The van der Waals surface area contributed by atoms with Gasteiger partial charge in [0.1, 0.15) is 12.2 Å². The molecule has 0 radical (unpaired) electrons. The highest BCUT2D eigenvalue weighted by molar-refractivity contribution is 5.69. The maximum atomic E-state index is 11.7. The second kappa shape index (κ2) is 16.5. The van der Waals surface area contributed by atoms with Gasteiger partial charge in [0.05, 0.1) is 12.7 Å². The SMILES string of the molecule is CCCCC/C=C\C[C@H](O)/C=C/[C@H]1[C@@H](CCCC(=O)OCC)[C@H](OC(C)=O)C[C@@H]1OC(C)=O. The monoisotopic (exact) mass is 466 g/mol. The van der Waals surface area contributed by atoms with E-state index in [2.05, 4.69) is 13.0 Å². The van der Waals surface area contributed by atoms with E-state index in [1.807, 2.05) is 12.2 Å². The van der Waals surface area contributed by atoms with Gasteiger partial charge in [-0.25, -0.2) is 0 Å². The molecule has 1 N–H and O–H groups in total. The normalized spacial score (nSPS) is 23.7. The van der Waals surface area contributed by atoms with Crippen LogP contribution in [0.25, 0.3) is 0 Å². The zero-order chi connectivity index (χ0) is 24.6. The van der Waals surface area contributed by atoms with E-state index in [0.717, 1.165) is 12.8 Å². The number of hydrogen-bond donors (Lipinski definition) is 1. The van der Waals surface area contributed by atoms with Gasteiger partial charge in [0.15, 0.2) is 0 Å². The van der Waals surface area contributed by atoms with Crippen LogP contribution in [0, 0.1) is 11.8 Å². The Bertz CT molecular complexity index is 655. The van der Waals surface area contributed by atoms with Gasteiger partial charge in [0.25, 0.3) is 0 Å². The lowest BCUT2D eigenvalue weighted by Gasteiger charge is -2.24. The third kappa shape index (κ3) is 12.0. The number of esters is 3. The average molecular weight is 467 g/mol. The van der Waals surface area contributed by atoms with Gasteiger partial charge in [-0.1, -0.05) is 44.1 Å². The highest BCUT2D eigenvalue weighted by Gasteiger charge is 2.45. The molecule has 33 heavy (non-hydrogen) atoms. The van der Waals surface area contributed by atoms with Crippen molar-refractivity contribution < 1.29 is 33.7 Å². The van der Waals surface area contributed by atoms with Crippen LogP contribution in [-0.4, -0.2) is 47.9 Å². The molecule has 0 aromatic carbocycles. The quantitative estimate of drug-likeness (QED) is 0.162. The van der Waals surface area contributed by atoms with Crippen LogP contribution in [0.1, 0.15) is 85.5 Å². The van der Waals surface area contributed by atoms with Crippen molar-refractivity contribution in [2.24, 2.45) is 11.8 Å². The highest BCUT2D eigenvalue weighted by atomic mass is 16.6. The Kier molecular flexibility index (Phi) is 14.4. The molecule has 0 amide bonds. The van der Waals surface area contributed by atoms with Crippen molar-refractivity contribution in [2.45, 2.75) is 104 Å². The molecule has 1 aliphatic carbocycles.